The fourth-order valence-electron chi connectivity index (χ4n) is 5.52. The van der Waals surface area contributed by atoms with E-state index in [-0.39, 0.29) is 0 Å². The molecule has 7 aromatic rings. The van der Waals surface area contributed by atoms with Gasteiger partial charge in [-0.2, -0.15) is 0 Å². The predicted molar refractivity (Wildman–Crippen MR) is 177 cm³/mol. The summed E-state index contributed by atoms with van der Waals surface area (Å²) in [5.41, 5.74) is 11.2. The van der Waals surface area contributed by atoms with E-state index in [2.05, 4.69) is 104 Å². The molecule has 0 N–H and O–H groups in total. The predicted octanol–water partition coefficient (Wildman–Crippen LogP) is 10.2. The molecule has 0 aliphatic heterocycles. The van der Waals surface area contributed by atoms with E-state index in [0.29, 0.717) is 17.5 Å². The molecular weight excluding hydrogens is 522 g/mol. The van der Waals surface area contributed by atoms with Crippen LogP contribution in [-0.2, 0) is 0 Å². The molecule has 0 atom stereocenters. The van der Waals surface area contributed by atoms with Gasteiger partial charge in [0.15, 0.2) is 17.5 Å². The fraction of sp³-hybridized carbons (Fsp3) is 0.0250. The molecule has 0 fully saturated rings. The quantitative estimate of drug-likeness (QED) is 0.206. The summed E-state index contributed by atoms with van der Waals surface area (Å²) < 4.78 is 0. The van der Waals surface area contributed by atoms with Crippen LogP contribution in [0.2, 0.25) is 0 Å². The van der Waals surface area contributed by atoms with Crippen LogP contribution >= 0.6 is 0 Å². The van der Waals surface area contributed by atoms with Crippen molar-refractivity contribution in [3.63, 3.8) is 0 Å². The number of aromatic nitrogens is 3. The Morgan fingerprint density at radius 3 is 1.19 bits per heavy atom. The van der Waals surface area contributed by atoms with Crippen molar-refractivity contribution in [3.05, 3.63) is 163 Å². The van der Waals surface area contributed by atoms with E-state index < -0.39 is 0 Å². The molecule has 0 saturated heterocycles. The van der Waals surface area contributed by atoms with E-state index in [1.54, 1.807) is 0 Å². The second-order valence-corrected chi connectivity index (χ2v) is 10.6. The Kier molecular flexibility index (Phi) is 7.12. The standard InChI is InChI=1S/C40H29N3/c1-28-14-12-19-31(26-28)34-22-8-10-24-36(34)37-25-11-9-23-35(37)32-20-13-21-33(27-32)40-42-38(29-15-4-2-5-16-29)41-39(43-40)30-17-6-3-7-18-30/h2-27H,1H3. The lowest BCUT2D eigenvalue weighted by Gasteiger charge is -2.15. The number of benzene rings is 6. The molecule has 0 aliphatic carbocycles. The SMILES string of the molecule is Cc1cccc(-c2ccccc2-c2ccccc2-c2cccc(-c3nc(-c4ccccc4)nc(-c4ccccc4)n3)c2)c1. The van der Waals surface area contributed by atoms with Gasteiger partial charge in [0, 0.05) is 16.7 Å². The first-order valence-corrected chi connectivity index (χ1v) is 14.5. The monoisotopic (exact) mass is 551 g/mol. The highest BCUT2D eigenvalue weighted by atomic mass is 15.0. The van der Waals surface area contributed by atoms with Crippen LogP contribution in [0.3, 0.4) is 0 Å². The van der Waals surface area contributed by atoms with Gasteiger partial charge >= 0.3 is 0 Å². The molecule has 0 amide bonds. The van der Waals surface area contributed by atoms with E-state index in [4.69, 9.17) is 15.0 Å². The lowest BCUT2D eigenvalue weighted by molar-refractivity contribution is 1.07. The maximum absolute atomic E-state index is 4.95. The smallest absolute Gasteiger partial charge is 0.164 e. The Bertz CT molecular complexity index is 1970. The first-order valence-electron chi connectivity index (χ1n) is 14.5. The summed E-state index contributed by atoms with van der Waals surface area (Å²) in [5, 5.41) is 0. The zero-order chi connectivity index (χ0) is 29.0. The van der Waals surface area contributed by atoms with Crippen molar-refractivity contribution in [2.75, 3.05) is 0 Å². The van der Waals surface area contributed by atoms with Crippen molar-refractivity contribution in [2.45, 2.75) is 6.92 Å². The van der Waals surface area contributed by atoms with Crippen LogP contribution < -0.4 is 0 Å². The average molecular weight is 552 g/mol. The summed E-state index contributed by atoms with van der Waals surface area (Å²) in [6, 6.07) is 54.6. The van der Waals surface area contributed by atoms with Crippen molar-refractivity contribution >= 4 is 0 Å². The number of hydrogen-bond acceptors (Lipinski definition) is 3. The normalized spacial score (nSPS) is 10.9. The maximum atomic E-state index is 4.95. The van der Waals surface area contributed by atoms with Gasteiger partial charge in [0.1, 0.15) is 0 Å². The molecule has 0 saturated carbocycles. The Hall–Kier alpha value is -5.67. The van der Waals surface area contributed by atoms with E-state index in [9.17, 15) is 0 Å². The molecule has 6 aromatic carbocycles. The van der Waals surface area contributed by atoms with Crippen molar-refractivity contribution < 1.29 is 0 Å². The van der Waals surface area contributed by atoms with Crippen molar-refractivity contribution in [1.29, 1.82) is 0 Å². The van der Waals surface area contributed by atoms with Crippen molar-refractivity contribution in [1.82, 2.24) is 15.0 Å². The van der Waals surface area contributed by atoms with Gasteiger partial charge in [0.05, 0.1) is 0 Å². The number of hydrogen-bond donors (Lipinski definition) is 0. The molecule has 43 heavy (non-hydrogen) atoms. The third-order valence-electron chi connectivity index (χ3n) is 7.60. The Labute approximate surface area is 252 Å². The van der Waals surface area contributed by atoms with E-state index in [1.807, 2.05) is 60.7 Å². The highest BCUT2D eigenvalue weighted by Gasteiger charge is 2.15. The van der Waals surface area contributed by atoms with Gasteiger partial charge in [0.25, 0.3) is 0 Å². The average Bonchev–Trinajstić information content (AvgIpc) is 3.09. The Balaban J connectivity index is 1.36. The Morgan fingerprint density at radius 1 is 0.302 bits per heavy atom. The second-order valence-electron chi connectivity index (χ2n) is 10.6. The molecule has 1 aromatic heterocycles. The molecule has 3 heteroatoms. The molecule has 0 bridgehead atoms. The van der Waals surface area contributed by atoms with Gasteiger partial charge in [-0.15, -0.1) is 0 Å². The van der Waals surface area contributed by atoms with Crippen LogP contribution in [0.15, 0.2) is 158 Å². The van der Waals surface area contributed by atoms with Gasteiger partial charge in [-0.25, -0.2) is 15.0 Å². The van der Waals surface area contributed by atoms with Crippen LogP contribution in [0.25, 0.3) is 67.5 Å². The second kappa shape index (κ2) is 11.7. The molecule has 1 heterocycles. The minimum Gasteiger partial charge on any atom is -0.208 e. The minimum atomic E-state index is 0.646. The fourth-order valence-corrected chi connectivity index (χ4v) is 5.52. The van der Waals surface area contributed by atoms with E-state index in [0.717, 1.165) is 27.8 Å². The molecule has 0 aliphatic rings. The minimum absolute atomic E-state index is 0.646. The van der Waals surface area contributed by atoms with Gasteiger partial charge in [0.2, 0.25) is 0 Å². The molecule has 0 radical (unpaired) electrons. The van der Waals surface area contributed by atoms with Gasteiger partial charge in [-0.1, -0.05) is 157 Å². The number of aryl methyl sites for hydroxylation is 1. The topological polar surface area (TPSA) is 38.7 Å². The number of nitrogens with zero attached hydrogens (tertiary/aromatic N) is 3. The zero-order valence-corrected chi connectivity index (χ0v) is 23.9. The highest BCUT2D eigenvalue weighted by molar-refractivity contribution is 5.92. The lowest BCUT2D eigenvalue weighted by Crippen LogP contribution is -2.00. The van der Waals surface area contributed by atoms with Gasteiger partial charge < -0.3 is 0 Å². The largest absolute Gasteiger partial charge is 0.208 e. The van der Waals surface area contributed by atoms with Gasteiger partial charge in [-0.05, 0) is 46.4 Å². The maximum Gasteiger partial charge on any atom is 0.164 e. The molecule has 0 spiro atoms. The van der Waals surface area contributed by atoms with Crippen LogP contribution in [0.4, 0.5) is 0 Å². The van der Waals surface area contributed by atoms with Crippen molar-refractivity contribution in [2.24, 2.45) is 0 Å². The third-order valence-corrected chi connectivity index (χ3v) is 7.60. The van der Waals surface area contributed by atoms with E-state index in [1.165, 1.54) is 27.8 Å². The Morgan fingerprint density at radius 2 is 0.674 bits per heavy atom. The van der Waals surface area contributed by atoms with Crippen LogP contribution in [0.1, 0.15) is 5.56 Å². The summed E-state index contributed by atoms with van der Waals surface area (Å²) in [6.45, 7) is 2.14. The summed E-state index contributed by atoms with van der Waals surface area (Å²) in [6.07, 6.45) is 0. The number of rotatable bonds is 6. The van der Waals surface area contributed by atoms with E-state index >= 15 is 0 Å². The molecule has 0 unspecified atom stereocenters. The zero-order valence-electron chi connectivity index (χ0n) is 23.9. The molecule has 7 rings (SSSR count). The van der Waals surface area contributed by atoms with Crippen molar-refractivity contribution in [3.8, 4) is 67.5 Å². The summed E-state index contributed by atoms with van der Waals surface area (Å²) in [4.78, 5) is 14.8. The van der Waals surface area contributed by atoms with Crippen LogP contribution in [0, 0.1) is 6.92 Å². The first kappa shape index (κ1) is 26.2. The summed E-state index contributed by atoms with van der Waals surface area (Å²) >= 11 is 0. The molecule has 204 valence electrons. The third kappa shape index (κ3) is 5.49. The van der Waals surface area contributed by atoms with Crippen LogP contribution in [0.5, 0.6) is 0 Å². The first-order chi connectivity index (χ1) is 21.2. The van der Waals surface area contributed by atoms with Crippen LogP contribution in [-0.4, -0.2) is 15.0 Å². The molecule has 3 nitrogen and oxygen atoms in total. The summed E-state index contributed by atoms with van der Waals surface area (Å²) in [5.74, 6) is 1.96. The lowest BCUT2D eigenvalue weighted by atomic mass is 9.89. The summed E-state index contributed by atoms with van der Waals surface area (Å²) in [7, 11) is 0. The molecular formula is C40H29N3. The van der Waals surface area contributed by atoms with Gasteiger partial charge in [-0.3, -0.25) is 0 Å². The highest BCUT2D eigenvalue weighted by Crippen LogP contribution is 2.39.